The number of rotatable bonds is 3. The molecule has 1 saturated carbocycles. The third-order valence-electron chi connectivity index (χ3n) is 4.22. The molecule has 0 spiro atoms. The summed E-state index contributed by atoms with van der Waals surface area (Å²) in [4.78, 5) is 2.62. The van der Waals surface area contributed by atoms with Crippen LogP contribution in [0.1, 0.15) is 51.4 Å². The lowest BCUT2D eigenvalue weighted by Crippen LogP contribution is -2.41. The van der Waals surface area contributed by atoms with Gasteiger partial charge in [-0.1, -0.05) is 31.9 Å². The molecule has 16 heavy (non-hydrogen) atoms. The molecule has 0 unspecified atom stereocenters. The molecule has 2 rings (SSSR count). The Kier molecular flexibility index (Phi) is 4.09. The van der Waals surface area contributed by atoms with Gasteiger partial charge in [0.1, 0.15) is 0 Å². The summed E-state index contributed by atoms with van der Waals surface area (Å²) in [6.45, 7) is 9.37. The molecule has 90 valence electrons. The number of piperidine rings is 1. The molecule has 1 heterocycles. The molecule has 1 aliphatic heterocycles. The van der Waals surface area contributed by atoms with Gasteiger partial charge in [-0.05, 0) is 38.0 Å². The second kappa shape index (κ2) is 5.56. The van der Waals surface area contributed by atoms with Crippen molar-refractivity contribution >= 4 is 0 Å². The van der Waals surface area contributed by atoms with Crippen LogP contribution in [-0.2, 0) is 0 Å². The summed E-state index contributed by atoms with van der Waals surface area (Å²) in [7, 11) is 0. The molecule has 0 N–H and O–H groups in total. The van der Waals surface area contributed by atoms with Crippen LogP contribution in [0.3, 0.4) is 0 Å². The number of hydrogen-bond acceptors (Lipinski definition) is 1. The van der Waals surface area contributed by atoms with Gasteiger partial charge in [0.25, 0.3) is 0 Å². The van der Waals surface area contributed by atoms with Crippen LogP contribution in [0.4, 0.5) is 0 Å². The quantitative estimate of drug-likeness (QED) is 0.645. The molecular formula is C15H25N. The van der Waals surface area contributed by atoms with E-state index in [0.717, 1.165) is 12.0 Å². The van der Waals surface area contributed by atoms with E-state index in [1.807, 2.05) is 0 Å². The summed E-state index contributed by atoms with van der Waals surface area (Å²) in [5.41, 5.74) is 1.40. The normalized spacial score (nSPS) is 28.1. The highest BCUT2D eigenvalue weighted by Gasteiger charge is 2.27. The lowest BCUT2D eigenvalue weighted by Gasteiger charge is -2.43. The first-order chi connectivity index (χ1) is 7.81. The molecule has 1 aliphatic carbocycles. The number of allylic oxidation sites excluding steroid dienone is 2. The predicted octanol–water partition coefficient (Wildman–Crippen LogP) is 4.12. The highest BCUT2D eigenvalue weighted by Crippen LogP contribution is 2.32. The highest BCUT2D eigenvalue weighted by atomic mass is 15.2. The minimum absolute atomic E-state index is 0.800. The second-order valence-electron chi connectivity index (χ2n) is 5.44. The van der Waals surface area contributed by atoms with E-state index >= 15 is 0 Å². The van der Waals surface area contributed by atoms with Gasteiger partial charge < -0.3 is 4.90 Å². The van der Waals surface area contributed by atoms with Crippen LogP contribution in [0.15, 0.2) is 24.9 Å². The van der Waals surface area contributed by atoms with Gasteiger partial charge in [-0.3, -0.25) is 0 Å². The van der Waals surface area contributed by atoms with Crippen LogP contribution in [0.2, 0.25) is 0 Å². The van der Waals surface area contributed by atoms with E-state index < -0.39 is 0 Å². The Morgan fingerprint density at radius 3 is 2.62 bits per heavy atom. The van der Waals surface area contributed by atoms with Gasteiger partial charge in [-0.15, -0.1) is 6.58 Å². The van der Waals surface area contributed by atoms with Gasteiger partial charge in [0.15, 0.2) is 0 Å². The fourth-order valence-electron chi connectivity index (χ4n) is 3.24. The van der Waals surface area contributed by atoms with Gasteiger partial charge in [0.2, 0.25) is 0 Å². The first kappa shape index (κ1) is 11.8. The van der Waals surface area contributed by atoms with Crippen molar-refractivity contribution in [2.24, 2.45) is 5.92 Å². The van der Waals surface area contributed by atoms with Crippen molar-refractivity contribution in [1.82, 2.24) is 4.90 Å². The molecule has 2 aliphatic rings. The Labute approximate surface area is 100 Å². The van der Waals surface area contributed by atoms with Crippen LogP contribution in [-0.4, -0.2) is 17.5 Å². The highest BCUT2D eigenvalue weighted by molar-refractivity contribution is 5.02. The van der Waals surface area contributed by atoms with Gasteiger partial charge in [-0.2, -0.15) is 0 Å². The molecule has 1 heteroatoms. The molecule has 0 radical (unpaired) electrons. The van der Waals surface area contributed by atoms with E-state index in [2.05, 4.69) is 24.1 Å². The SMILES string of the molecule is C=CC[C@@H]1CCC(=C)N(C2CCCCC2)C1. The molecule has 1 saturated heterocycles. The zero-order valence-electron chi connectivity index (χ0n) is 10.5. The van der Waals surface area contributed by atoms with Gasteiger partial charge >= 0.3 is 0 Å². The number of likely N-dealkylation sites (tertiary alicyclic amines) is 1. The Balaban J connectivity index is 1.94. The Morgan fingerprint density at radius 2 is 1.94 bits per heavy atom. The molecule has 0 aromatic carbocycles. The van der Waals surface area contributed by atoms with E-state index in [4.69, 9.17) is 0 Å². The van der Waals surface area contributed by atoms with Crippen molar-refractivity contribution in [3.63, 3.8) is 0 Å². The molecule has 0 bridgehead atoms. The topological polar surface area (TPSA) is 3.24 Å². The minimum atomic E-state index is 0.800. The summed E-state index contributed by atoms with van der Waals surface area (Å²) in [5.74, 6) is 0.824. The fourth-order valence-corrected chi connectivity index (χ4v) is 3.24. The first-order valence-electron chi connectivity index (χ1n) is 6.86. The van der Waals surface area contributed by atoms with E-state index in [1.165, 1.54) is 63.6 Å². The van der Waals surface area contributed by atoms with Crippen LogP contribution >= 0.6 is 0 Å². The molecular weight excluding hydrogens is 194 g/mol. The average Bonchev–Trinajstić information content (AvgIpc) is 2.33. The van der Waals surface area contributed by atoms with Gasteiger partial charge in [0.05, 0.1) is 0 Å². The average molecular weight is 219 g/mol. The Morgan fingerprint density at radius 1 is 1.19 bits per heavy atom. The molecule has 0 amide bonds. The van der Waals surface area contributed by atoms with Crippen molar-refractivity contribution in [2.45, 2.75) is 57.4 Å². The lowest BCUT2D eigenvalue weighted by molar-refractivity contribution is 0.141. The van der Waals surface area contributed by atoms with Crippen molar-refractivity contribution in [1.29, 1.82) is 0 Å². The predicted molar refractivity (Wildman–Crippen MR) is 70.3 cm³/mol. The van der Waals surface area contributed by atoms with Crippen molar-refractivity contribution in [3.05, 3.63) is 24.9 Å². The molecule has 1 nitrogen and oxygen atoms in total. The van der Waals surface area contributed by atoms with E-state index in [9.17, 15) is 0 Å². The van der Waals surface area contributed by atoms with Crippen molar-refractivity contribution in [2.75, 3.05) is 6.54 Å². The van der Waals surface area contributed by atoms with Crippen LogP contribution in [0.25, 0.3) is 0 Å². The molecule has 2 fully saturated rings. The lowest BCUT2D eigenvalue weighted by atomic mass is 9.88. The number of nitrogens with zero attached hydrogens (tertiary/aromatic N) is 1. The molecule has 0 aromatic rings. The monoisotopic (exact) mass is 219 g/mol. The van der Waals surface area contributed by atoms with Crippen LogP contribution < -0.4 is 0 Å². The maximum atomic E-state index is 4.27. The van der Waals surface area contributed by atoms with Gasteiger partial charge in [0, 0.05) is 18.3 Å². The summed E-state index contributed by atoms with van der Waals surface area (Å²) in [6.07, 6.45) is 12.8. The van der Waals surface area contributed by atoms with Crippen molar-refractivity contribution in [3.8, 4) is 0 Å². The van der Waals surface area contributed by atoms with Crippen molar-refractivity contribution < 1.29 is 0 Å². The van der Waals surface area contributed by atoms with E-state index in [-0.39, 0.29) is 0 Å². The minimum Gasteiger partial charge on any atom is -0.372 e. The van der Waals surface area contributed by atoms with E-state index in [1.54, 1.807) is 0 Å². The summed E-state index contributed by atoms with van der Waals surface area (Å²) in [6, 6.07) is 0.800. The zero-order valence-corrected chi connectivity index (χ0v) is 10.5. The third kappa shape index (κ3) is 2.69. The zero-order chi connectivity index (χ0) is 11.4. The largest absolute Gasteiger partial charge is 0.372 e. The Bertz CT molecular complexity index is 250. The Hall–Kier alpha value is -0.720. The third-order valence-corrected chi connectivity index (χ3v) is 4.22. The maximum absolute atomic E-state index is 4.27. The second-order valence-corrected chi connectivity index (χ2v) is 5.44. The summed E-state index contributed by atoms with van der Waals surface area (Å²) < 4.78 is 0. The van der Waals surface area contributed by atoms with Crippen LogP contribution in [0, 0.1) is 5.92 Å². The van der Waals surface area contributed by atoms with Gasteiger partial charge in [-0.25, -0.2) is 0 Å². The number of hydrogen-bond donors (Lipinski definition) is 0. The molecule has 0 aromatic heterocycles. The maximum Gasteiger partial charge on any atom is 0.0286 e. The summed E-state index contributed by atoms with van der Waals surface area (Å²) in [5, 5.41) is 0. The fraction of sp³-hybridized carbons (Fsp3) is 0.733. The first-order valence-corrected chi connectivity index (χ1v) is 6.86. The van der Waals surface area contributed by atoms with Crippen LogP contribution in [0.5, 0.6) is 0 Å². The van der Waals surface area contributed by atoms with E-state index in [0.29, 0.717) is 0 Å². The standard InChI is InChI=1S/C15H25N/c1-3-7-14-11-10-13(2)16(12-14)15-8-5-4-6-9-15/h3,14-15H,1-2,4-12H2/t14-/m1/s1. The smallest absolute Gasteiger partial charge is 0.0286 e. The summed E-state index contributed by atoms with van der Waals surface area (Å²) >= 11 is 0. The molecule has 1 atom stereocenters.